The van der Waals surface area contributed by atoms with Crippen LogP contribution < -0.4 is 0 Å². The van der Waals surface area contributed by atoms with Gasteiger partial charge in [0.2, 0.25) is 0 Å². The van der Waals surface area contributed by atoms with Gasteiger partial charge in [0.15, 0.2) is 0 Å². The van der Waals surface area contributed by atoms with E-state index in [1.807, 2.05) is 60.7 Å². The van der Waals surface area contributed by atoms with Crippen molar-refractivity contribution in [3.05, 3.63) is 193 Å². The molecule has 0 unspecified atom stereocenters. The minimum atomic E-state index is -0.428. The van der Waals surface area contributed by atoms with E-state index in [0.717, 1.165) is 122 Å². The fourth-order valence-corrected chi connectivity index (χ4v) is 11.0. The number of fused-ring (bicyclic) bond motifs is 12. The molecule has 0 saturated carbocycles. The second kappa shape index (κ2) is 15.3. The second-order valence-electron chi connectivity index (χ2n) is 19.4. The summed E-state index contributed by atoms with van der Waals surface area (Å²) in [7, 11) is 0. The van der Waals surface area contributed by atoms with Crippen LogP contribution in [0.15, 0.2) is 189 Å². The zero-order chi connectivity index (χ0) is 46.3. The van der Waals surface area contributed by atoms with Gasteiger partial charge >= 0.3 is 0 Å². The number of nitrogens with zero attached hydrogens (tertiary/aromatic N) is 3. The SMILES string of the molecule is CC1(C)c2cccc(O)c2-c2nc(-c3cn(-c4ccc5oc6ccccc6c5c4)c(-c4[c-]cc5oc6ccc(-c7ccccc7)cc6c5c4)n3)cc(-c3ccc4oc5ccccc5c4c3)c2C1(C)C.[Pt]. The molecule has 5 heterocycles. The normalized spacial score (nSPS) is 13.9. The van der Waals surface area contributed by atoms with Crippen LogP contribution in [0.1, 0.15) is 38.8 Å². The van der Waals surface area contributed by atoms with Crippen molar-refractivity contribution in [1.29, 1.82) is 0 Å². The molecule has 0 bridgehead atoms. The Bertz CT molecular complexity index is 4280. The van der Waals surface area contributed by atoms with Crippen LogP contribution in [-0.4, -0.2) is 19.6 Å². The Morgan fingerprint density at radius 2 is 1.10 bits per heavy atom. The summed E-state index contributed by atoms with van der Waals surface area (Å²) in [5.41, 5.74) is 15.0. The van der Waals surface area contributed by atoms with Gasteiger partial charge in [0.1, 0.15) is 33.7 Å². The molecule has 0 fully saturated rings. The molecule has 1 N–H and O–H groups in total. The Morgan fingerprint density at radius 1 is 0.500 bits per heavy atom. The van der Waals surface area contributed by atoms with E-state index >= 15 is 0 Å². The van der Waals surface area contributed by atoms with Gasteiger partial charge in [0.05, 0.1) is 28.5 Å². The van der Waals surface area contributed by atoms with Gasteiger partial charge in [-0.2, -0.15) is 0 Å². The smallest absolute Gasteiger partial charge is 0.135 e. The van der Waals surface area contributed by atoms with Crippen LogP contribution in [0.2, 0.25) is 0 Å². The minimum Gasteiger partial charge on any atom is -0.507 e. The fraction of sp³-hybridized carbons (Fsp3) is 0.0968. The predicted octanol–water partition coefficient (Wildman–Crippen LogP) is 16.4. The Labute approximate surface area is 416 Å². The molecule has 0 amide bonds. The quantitative estimate of drug-likeness (QED) is 0.173. The van der Waals surface area contributed by atoms with E-state index in [1.54, 1.807) is 6.07 Å². The third-order valence-corrected chi connectivity index (χ3v) is 15.2. The Kier molecular flexibility index (Phi) is 9.18. The second-order valence-corrected chi connectivity index (χ2v) is 19.4. The van der Waals surface area contributed by atoms with Crippen molar-refractivity contribution < 1.29 is 39.4 Å². The van der Waals surface area contributed by atoms with Crippen LogP contribution in [-0.2, 0) is 31.9 Å². The summed E-state index contributed by atoms with van der Waals surface area (Å²) in [4.78, 5) is 11.1. The first kappa shape index (κ1) is 42.1. The first-order chi connectivity index (χ1) is 33.6. The van der Waals surface area contributed by atoms with Gasteiger partial charge in [-0.15, -0.1) is 23.8 Å². The number of hydrogen-bond acceptors (Lipinski definition) is 6. The van der Waals surface area contributed by atoms with E-state index in [-0.39, 0.29) is 32.2 Å². The molecule has 0 radical (unpaired) electrons. The number of aromatic hydroxyl groups is 1. The topological polar surface area (TPSA) is 90.4 Å². The van der Waals surface area contributed by atoms with Crippen molar-refractivity contribution >= 4 is 65.8 Å². The standard InChI is InChI=1S/C62H42N3O4.Pt/c1-61(2)47-17-12-18-50(66)57(47)59-58(62(61,3)4)42(37-22-26-53-43(30-37)40-15-8-10-19-51(40)67-53)33-48(63-59)49-34-65(39-24-28-56-46(32-39)41-16-9-11-20-52(41)68-56)60(64-49)38-23-27-55-45(31-38)44-29-36(21-25-54(44)69-55)35-13-6-5-7-14-35;/h5-22,24-34,66H,1-4H3;/q-1;. The maximum absolute atomic E-state index is 11.9. The van der Waals surface area contributed by atoms with E-state index in [9.17, 15) is 5.11 Å². The molecule has 8 aromatic carbocycles. The average Bonchev–Trinajstić information content (AvgIpc) is 4.17. The van der Waals surface area contributed by atoms with Crippen LogP contribution in [0.3, 0.4) is 0 Å². The number of furan rings is 3. The number of phenolic OH excluding ortho intramolecular Hbond substituents is 1. The van der Waals surface area contributed by atoms with Crippen molar-refractivity contribution in [3.63, 3.8) is 0 Å². The molecular weight excluding hydrogens is 1050 g/mol. The van der Waals surface area contributed by atoms with Gasteiger partial charge in [0.25, 0.3) is 0 Å². The van der Waals surface area contributed by atoms with Gasteiger partial charge < -0.3 is 22.9 Å². The summed E-state index contributed by atoms with van der Waals surface area (Å²) in [6, 6.07) is 61.5. The summed E-state index contributed by atoms with van der Waals surface area (Å²) in [5, 5.41) is 18.0. The molecule has 1 aliphatic rings. The Balaban J connectivity index is 0.00000480. The Hall–Kier alpha value is -7.99. The minimum absolute atomic E-state index is 0. The van der Waals surface area contributed by atoms with E-state index in [4.69, 9.17) is 23.2 Å². The van der Waals surface area contributed by atoms with Crippen molar-refractivity contribution in [2.45, 2.75) is 38.5 Å². The molecule has 0 spiro atoms. The van der Waals surface area contributed by atoms with Crippen LogP contribution in [0.25, 0.3) is 128 Å². The molecule has 0 saturated heterocycles. The van der Waals surface area contributed by atoms with Crippen LogP contribution >= 0.6 is 0 Å². The summed E-state index contributed by atoms with van der Waals surface area (Å²) in [5.74, 6) is 0.881. The molecule has 70 heavy (non-hydrogen) atoms. The molecule has 1 aliphatic carbocycles. The summed E-state index contributed by atoms with van der Waals surface area (Å²) >= 11 is 0. The van der Waals surface area contributed by atoms with Crippen LogP contribution in [0.4, 0.5) is 0 Å². The van der Waals surface area contributed by atoms with Crippen LogP contribution in [0, 0.1) is 6.07 Å². The first-order valence-corrected chi connectivity index (χ1v) is 23.3. The van der Waals surface area contributed by atoms with Crippen LogP contribution in [0.5, 0.6) is 5.75 Å². The number of hydrogen-bond donors (Lipinski definition) is 1. The number of rotatable bonds is 5. The van der Waals surface area contributed by atoms with E-state index in [0.29, 0.717) is 17.2 Å². The van der Waals surface area contributed by atoms with Gasteiger partial charge in [-0.25, -0.2) is 4.98 Å². The predicted molar refractivity (Wildman–Crippen MR) is 277 cm³/mol. The number of para-hydroxylation sites is 2. The fourth-order valence-electron chi connectivity index (χ4n) is 11.0. The first-order valence-electron chi connectivity index (χ1n) is 23.3. The van der Waals surface area contributed by atoms with Crippen molar-refractivity contribution in [3.8, 4) is 67.7 Å². The maximum atomic E-state index is 11.9. The number of phenols is 1. The molecule has 13 aromatic rings. The van der Waals surface area contributed by atoms with E-state index < -0.39 is 5.41 Å². The average molecular weight is 1090 g/mol. The van der Waals surface area contributed by atoms with Gasteiger partial charge in [0, 0.05) is 70.9 Å². The third-order valence-electron chi connectivity index (χ3n) is 15.2. The summed E-state index contributed by atoms with van der Waals surface area (Å²) in [6.07, 6.45) is 2.08. The number of imidazole rings is 1. The van der Waals surface area contributed by atoms with Gasteiger partial charge in [-0.05, 0) is 106 Å². The zero-order valence-corrected chi connectivity index (χ0v) is 40.8. The molecule has 8 heteroatoms. The summed E-state index contributed by atoms with van der Waals surface area (Å²) < 4.78 is 21.2. The number of aromatic nitrogens is 3. The number of pyridine rings is 1. The van der Waals surface area contributed by atoms with Crippen molar-refractivity contribution in [1.82, 2.24) is 14.5 Å². The van der Waals surface area contributed by atoms with Gasteiger partial charge in [-0.1, -0.05) is 124 Å². The molecule has 5 aromatic heterocycles. The van der Waals surface area contributed by atoms with E-state index in [1.165, 1.54) is 0 Å². The van der Waals surface area contributed by atoms with Gasteiger partial charge in [-0.3, -0.25) is 4.98 Å². The number of benzene rings is 8. The van der Waals surface area contributed by atoms with Crippen molar-refractivity contribution in [2.24, 2.45) is 0 Å². The molecule has 340 valence electrons. The largest absolute Gasteiger partial charge is 0.507 e. The van der Waals surface area contributed by atoms with E-state index in [2.05, 4.69) is 148 Å². The molecule has 14 rings (SSSR count). The van der Waals surface area contributed by atoms with Crippen molar-refractivity contribution in [2.75, 3.05) is 0 Å². The Morgan fingerprint density at radius 3 is 1.84 bits per heavy atom. The summed E-state index contributed by atoms with van der Waals surface area (Å²) in [6.45, 7) is 9.14. The molecular formula is C62H42N3O4Pt-. The third kappa shape index (κ3) is 6.10. The molecule has 7 nitrogen and oxygen atoms in total. The zero-order valence-electron chi connectivity index (χ0n) is 38.6. The maximum Gasteiger partial charge on any atom is 0.135 e. The monoisotopic (exact) mass is 1090 g/mol. The molecule has 0 atom stereocenters. The molecule has 0 aliphatic heterocycles.